The molecular weight excluding hydrogens is 370 g/mol. The molecule has 0 fully saturated rings. The quantitative estimate of drug-likeness (QED) is 0.448. The summed E-state index contributed by atoms with van der Waals surface area (Å²) in [6.45, 7) is 0.989. The Morgan fingerprint density at radius 3 is 2.54 bits per heavy atom. The first-order chi connectivity index (χ1) is 13.7. The average molecular weight is 389 g/mol. The molecule has 1 amide bonds. The van der Waals surface area contributed by atoms with Crippen LogP contribution in [-0.4, -0.2) is 17.4 Å². The molecule has 0 spiro atoms. The van der Waals surface area contributed by atoms with Crippen molar-refractivity contribution in [3.8, 4) is 0 Å². The van der Waals surface area contributed by atoms with E-state index in [1.54, 1.807) is 34.4 Å². The molecule has 0 bridgehead atoms. The van der Waals surface area contributed by atoms with E-state index in [1.165, 1.54) is 0 Å². The number of amides is 1. The van der Waals surface area contributed by atoms with Gasteiger partial charge in [-0.05, 0) is 35.6 Å². The van der Waals surface area contributed by atoms with E-state index in [9.17, 15) is 9.59 Å². The first-order valence-electron chi connectivity index (χ1n) is 9.09. The van der Waals surface area contributed by atoms with Crippen LogP contribution < -0.4 is 5.63 Å². The van der Waals surface area contributed by atoms with Gasteiger partial charge in [0.15, 0.2) is 0 Å². The standard InChI is InChI=1S/C23H19NO3S/c25-22(20-15-18-9-4-5-11-21(18)27-23(20)26)24(16-19-10-6-14-28-19)13-12-17-7-2-1-3-8-17/h1-11,14-15H,12-13,16H2. The van der Waals surface area contributed by atoms with Gasteiger partial charge in [0.25, 0.3) is 5.91 Å². The van der Waals surface area contributed by atoms with Crippen molar-refractivity contribution in [2.75, 3.05) is 6.54 Å². The van der Waals surface area contributed by atoms with Crippen LogP contribution >= 0.6 is 11.3 Å². The Labute approximate surface area is 166 Å². The molecule has 2 aromatic carbocycles. The average Bonchev–Trinajstić information content (AvgIpc) is 3.24. The number of rotatable bonds is 6. The van der Waals surface area contributed by atoms with Crippen LogP contribution in [0.4, 0.5) is 0 Å². The fraction of sp³-hybridized carbons (Fsp3) is 0.130. The van der Waals surface area contributed by atoms with Gasteiger partial charge >= 0.3 is 5.63 Å². The van der Waals surface area contributed by atoms with E-state index in [-0.39, 0.29) is 11.5 Å². The Bertz CT molecular complexity index is 1130. The van der Waals surface area contributed by atoms with E-state index >= 15 is 0 Å². The molecule has 2 heterocycles. The van der Waals surface area contributed by atoms with Gasteiger partial charge in [-0.15, -0.1) is 11.3 Å². The fourth-order valence-corrected chi connectivity index (χ4v) is 3.85. The number of para-hydroxylation sites is 1. The molecule has 4 rings (SSSR count). The maximum atomic E-state index is 13.2. The van der Waals surface area contributed by atoms with Crippen molar-refractivity contribution in [3.05, 3.63) is 105 Å². The number of fused-ring (bicyclic) bond motifs is 1. The molecule has 0 aliphatic heterocycles. The van der Waals surface area contributed by atoms with Gasteiger partial charge in [-0.3, -0.25) is 4.79 Å². The zero-order valence-corrected chi connectivity index (χ0v) is 16.0. The third-order valence-electron chi connectivity index (χ3n) is 4.60. The van der Waals surface area contributed by atoms with Crippen LogP contribution in [0.1, 0.15) is 20.8 Å². The third kappa shape index (κ3) is 4.05. The van der Waals surface area contributed by atoms with Crippen molar-refractivity contribution >= 4 is 28.2 Å². The monoisotopic (exact) mass is 389 g/mol. The summed E-state index contributed by atoms with van der Waals surface area (Å²) in [7, 11) is 0. The van der Waals surface area contributed by atoms with E-state index < -0.39 is 5.63 Å². The van der Waals surface area contributed by atoms with Crippen LogP contribution in [0.2, 0.25) is 0 Å². The molecule has 28 heavy (non-hydrogen) atoms. The summed E-state index contributed by atoms with van der Waals surface area (Å²) < 4.78 is 5.36. The molecule has 0 saturated heterocycles. The predicted octanol–water partition coefficient (Wildman–Crippen LogP) is 4.74. The number of carbonyl (C=O) groups excluding carboxylic acids is 1. The van der Waals surface area contributed by atoms with Gasteiger partial charge in [-0.2, -0.15) is 0 Å². The Balaban J connectivity index is 1.64. The molecule has 4 nitrogen and oxygen atoms in total. The van der Waals surface area contributed by atoms with E-state index in [0.717, 1.165) is 22.2 Å². The minimum Gasteiger partial charge on any atom is -0.422 e. The summed E-state index contributed by atoms with van der Waals surface area (Å²) in [5.41, 5.74) is 1.11. The highest BCUT2D eigenvalue weighted by molar-refractivity contribution is 7.09. The molecule has 5 heteroatoms. The Morgan fingerprint density at radius 2 is 1.75 bits per heavy atom. The van der Waals surface area contributed by atoms with Crippen LogP contribution in [0.3, 0.4) is 0 Å². The lowest BCUT2D eigenvalue weighted by molar-refractivity contribution is 0.0742. The normalized spacial score (nSPS) is 10.9. The van der Waals surface area contributed by atoms with E-state index in [0.29, 0.717) is 18.7 Å². The summed E-state index contributed by atoms with van der Waals surface area (Å²) >= 11 is 1.60. The second kappa shape index (κ2) is 8.23. The maximum absolute atomic E-state index is 13.2. The number of hydrogen-bond donors (Lipinski definition) is 0. The fourth-order valence-electron chi connectivity index (χ4n) is 3.13. The molecule has 0 N–H and O–H groups in total. The van der Waals surface area contributed by atoms with Gasteiger partial charge in [0.1, 0.15) is 11.1 Å². The first kappa shape index (κ1) is 18.2. The highest BCUT2D eigenvalue weighted by atomic mass is 32.1. The van der Waals surface area contributed by atoms with Crippen LogP contribution in [0, 0.1) is 0 Å². The van der Waals surface area contributed by atoms with Crippen LogP contribution in [0.15, 0.2) is 87.4 Å². The van der Waals surface area contributed by atoms with E-state index in [2.05, 4.69) is 0 Å². The summed E-state index contributed by atoms with van der Waals surface area (Å²) in [6.07, 6.45) is 0.719. The largest absolute Gasteiger partial charge is 0.422 e. The highest BCUT2D eigenvalue weighted by Crippen LogP contribution is 2.17. The zero-order chi connectivity index (χ0) is 19.3. The van der Waals surface area contributed by atoms with Gasteiger partial charge in [-0.25, -0.2) is 4.79 Å². The van der Waals surface area contributed by atoms with Crippen LogP contribution in [0.5, 0.6) is 0 Å². The Hall–Kier alpha value is -3.18. The molecule has 2 aromatic heterocycles. The van der Waals surface area contributed by atoms with Crippen molar-refractivity contribution in [2.24, 2.45) is 0 Å². The zero-order valence-electron chi connectivity index (χ0n) is 15.2. The molecule has 140 valence electrons. The van der Waals surface area contributed by atoms with Gasteiger partial charge in [0, 0.05) is 16.8 Å². The summed E-state index contributed by atoms with van der Waals surface area (Å²) in [5.74, 6) is -0.302. The molecule has 0 radical (unpaired) electrons. The highest BCUT2D eigenvalue weighted by Gasteiger charge is 2.21. The van der Waals surface area contributed by atoms with Crippen molar-refractivity contribution in [1.82, 2.24) is 4.90 Å². The first-order valence-corrected chi connectivity index (χ1v) is 9.97. The van der Waals surface area contributed by atoms with Gasteiger partial charge in [-0.1, -0.05) is 54.6 Å². The summed E-state index contributed by atoms with van der Waals surface area (Å²) in [6, 6.07) is 22.8. The topological polar surface area (TPSA) is 50.5 Å². The van der Waals surface area contributed by atoms with Crippen molar-refractivity contribution in [3.63, 3.8) is 0 Å². The van der Waals surface area contributed by atoms with Crippen LogP contribution in [-0.2, 0) is 13.0 Å². The maximum Gasteiger partial charge on any atom is 0.349 e. The molecular formula is C23H19NO3S. The van der Waals surface area contributed by atoms with Crippen LogP contribution in [0.25, 0.3) is 11.0 Å². The second-order valence-corrected chi connectivity index (χ2v) is 7.56. The number of benzene rings is 2. The Kier molecular flexibility index (Phi) is 5.35. The van der Waals surface area contributed by atoms with Gasteiger partial charge in [0.2, 0.25) is 0 Å². The number of hydrogen-bond acceptors (Lipinski definition) is 4. The minimum atomic E-state index is -0.598. The van der Waals surface area contributed by atoms with E-state index in [4.69, 9.17) is 4.42 Å². The lowest BCUT2D eigenvalue weighted by Gasteiger charge is -2.22. The lowest BCUT2D eigenvalue weighted by Crippen LogP contribution is -2.35. The van der Waals surface area contributed by atoms with Gasteiger partial charge < -0.3 is 9.32 Å². The van der Waals surface area contributed by atoms with Crippen molar-refractivity contribution < 1.29 is 9.21 Å². The predicted molar refractivity (Wildman–Crippen MR) is 112 cm³/mol. The van der Waals surface area contributed by atoms with Gasteiger partial charge in [0.05, 0.1) is 6.54 Å². The van der Waals surface area contributed by atoms with Crippen molar-refractivity contribution in [2.45, 2.75) is 13.0 Å². The lowest BCUT2D eigenvalue weighted by atomic mass is 10.1. The van der Waals surface area contributed by atoms with E-state index in [1.807, 2.05) is 60.0 Å². The number of nitrogens with zero attached hydrogens (tertiary/aromatic N) is 1. The molecule has 0 unspecified atom stereocenters. The summed E-state index contributed by atoms with van der Waals surface area (Å²) in [5, 5.41) is 2.73. The minimum absolute atomic E-state index is 0.0725. The molecule has 0 aliphatic carbocycles. The molecule has 4 aromatic rings. The molecule has 0 atom stereocenters. The molecule has 0 saturated carbocycles. The number of thiophene rings is 1. The van der Waals surface area contributed by atoms with Crippen molar-refractivity contribution in [1.29, 1.82) is 0 Å². The number of carbonyl (C=O) groups is 1. The molecule has 0 aliphatic rings. The smallest absolute Gasteiger partial charge is 0.349 e. The summed E-state index contributed by atoms with van der Waals surface area (Å²) in [4.78, 5) is 28.5. The SMILES string of the molecule is O=C(c1cc2ccccc2oc1=O)N(CCc1ccccc1)Cc1cccs1. The Morgan fingerprint density at radius 1 is 0.964 bits per heavy atom. The second-order valence-electron chi connectivity index (χ2n) is 6.53. The third-order valence-corrected chi connectivity index (χ3v) is 5.46.